The van der Waals surface area contributed by atoms with E-state index in [1.807, 2.05) is 7.05 Å². The smallest absolute Gasteiger partial charge is 0.00790 e. The van der Waals surface area contributed by atoms with Crippen LogP contribution in [0.3, 0.4) is 0 Å². The maximum Gasteiger partial charge on any atom is 0.00790 e. The number of nitrogens with one attached hydrogen (secondary N) is 3. The minimum Gasteiger partial charge on any atom is -0.320 e. The van der Waals surface area contributed by atoms with Crippen LogP contribution in [0.25, 0.3) is 0 Å². The molecule has 74 valence electrons. The van der Waals surface area contributed by atoms with E-state index in [4.69, 9.17) is 0 Å². The molecule has 0 saturated carbocycles. The van der Waals surface area contributed by atoms with E-state index < -0.39 is 0 Å². The van der Waals surface area contributed by atoms with Crippen LogP contribution in [-0.2, 0) is 0 Å². The summed E-state index contributed by atoms with van der Waals surface area (Å²) in [7, 11) is 1.99. The first-order chi connectivity index (χ1) is 5.77. The molecular formula is C9H23N3. The van der Waals surface area contributed by atoms with Crippen LogP contribution >= 0.6 is 0 Å². The Hall–Kier alpha value is -0.120. The Kier molecular flexibility index (Phi) is 8.88. The molecular weight excluding hydrogens is 150 g/mol. The molecule has 0 saturated heterocycles. The summed E-state index contributed by atoms with van der Waals surface area (Å²) < 4.78 is 0. The lowest BCUT2D eigenvalue weighted by molar-refractivity contribution is 0.547. The molecule has 0 aliphatic carbocycles. The minimum atomic E-state index is 0.601. The van der Waals surface area contributed by atoms with Gasteiger partial charge in [-0.2, -0.15) is 0 Å². The van der Waals surface area contributed by atoms with Gasteiger partial charge in [0.05, 0.1) is 0 Å². The van der Waals surface area contributed by atoms with E-state index >= 15 is 0 Å². The van der Waals surface area contributed by atoms with Crippen molar-refractivity contribution in [3.63, 3.8) is 0 Å². The molecule has 3 heteroatoms. The van der Waals surface area contributed by atoms with Gasteiger partial charge >= 0.3 is 0 Å². The van der Waals surface area contributed by atoms with Crippen LogP contribution in [0.2, 0.25) is 0 Å². The fraction of sp³-hybridized carbons (Fsp3) is 1.00. The first kappa shape index (κ1) is 11.9. The van der Waals surface area contributed by atoms with Crippen LogP contribution in [0.5, 0.6) is 0 Å². The third kappa shape index (κ3) is 9.88. The van der Waals surface area contributed by atoms with Crippen molar-refractivity contribution < 1.29 is 0 Å². The van der Waals surface area contributed by atoms with Crippen LogP contribution in [0, 0.1) is 0 Å². The van der Waals surface area contributed by atoms with Gasteiger partial charge in [0, 0.05) is 19.1 Å². The highest BCUT2D eigenvalue weighted by molar-refractivity contribution is 4.55. The lowest BCUT2D eigenvalue weighted by Gasteiger charge is -2.08. The van der Waals surface area contributed by atoms with Crippen LogP contribution in [0.1, 0.15) is 20.3 Å². The molecule has 0 aromatic heterocycles. The predicted molar refractivity (Wildman–Crippen MR) is 54.6 cm³/mol. The second-order valence-corrected chi connectivity index (χ2v) is 3.32. The molecule has 0 aromatic rings. The Labute approximate surface area is 76.3 Å². The molecule has 3 N–H and O–H groups in total. The van der Waals surface area contributed by atoms with Crippen molar-refractivity contribution in [3.05, 3.63) is 0 Å². The summed E-state index contributed by atoms with van der Waals surface area (Å²) in [6.45, 7) is 8.69. The van der Waals surface area contributed by atoms with Gasteiger partial charge < -0.3 is 16.0 Å². The zero-order chi connectivity index (χ0) is 9.23. The first-order valence-corrected chi connectivity index (χ1v) is 4.86. The minimum absolute atomic E-state index is 0.601. The monoisotopic (exact) mass is 173 g/mol. The molecule has 0 bridgehead atoms. The van der Waals surface area contributed by atoms with E-state index in [0.29, 0.717) is 6.04 Å². The molecule has 0 fully saturated rings. The Bertz CT molecular complexity index is 83.8. The van der Waals surface area contributed by atoms with Crippen molar-refractivity contribution in [1.29, 1.82) is 0 Å². The van der Waals surface area contributed by atoms with Gasteiger partial charge in [-0.3, -0.25) is 0 Å². The average Bonchev–Trinajstić information content (AvgIpc) is 2.02. The van der Waals surface area contributed by atoms with E-state index in [9.17, 15) is 0 Å². The quantitative estimate of drug-likeness (QED) is 0.458. The Morgan fingerprint density at radius 3 is 2.33 bits per heavy atom. The van der Waals surface area contributed by atoms with E-state index in [1.165, 1.54) is 6.42 Å². The Balaban J connectivity index is 2.82. The fourth-order valence-corrected chi connectivity index (χ4v) is 0.964. The summed E-state index contributed by atoms with van der Waals surface area (Å²) in [4.78, 5) is 0. The third-order valence-corrected chi connectivity index (χ3v) is 1.63. The lowest BCUT2D eigenvalue weighted by Crippen LogP contribution is -2.32. The molecule has 0 spiro atoms. The molecule has 0 rings (SSSR count). The normalized spacial score (nSPS) is 11.0. The molecule has 0 unspecified atom stereocenters. The highest BCUT2D eigenvalue weighted by Gasteiger charge is 1.90. The van der Waals surface area contributed by atoms with Gasteiger partial charge in [0.2, 0.25) is 0 Å². The summed E-state index contributed by atoms with van der Waals surface area (Å²) in [5.41, 5.74) is 0. The maximum atomic E-state index is 3.37. The molecule has 0 radical (unpaired) electrons. The molecule has 0 atom stereocenters. The first-order valence-electron chi connectivity index (χ1n) is 4.86. The van der Waals surface area contributed by atoms with Gasteiger partial charge in [-0.05, 0) is 26.6 Å². The summed E-state index contributed by atoms with van der Waals surface area (Å²) in [5, 5.41) is 9.85. The zero-order valence-electron chi connectivity index (χ0n) is 8.61. The zero-order valence-corrected chi connectivity index (χ0v) is 8.61. The van der Waals surface area contributed by atoms with Crippen LogP contribution in [0.15, 0.2) is 0 Å². The SMILES string of the molecule is CNCCCNCCNC(C)C. The van der Waals surface area contributed by atoms with Crippen LogP contribution in [0.4, 0.5) is 0 Å². The average molecular weight is 173 g/mol. The molecule has 0 heterocycles. The number of hydrogen-bond acceptors (Lipinski definition) is 3. The highest BCUT2D eigenvalue weighted by atomic mass is 15.0. The summed E-state index contributed by atoms with van der Waals surface area (Å²) in [6, 6.07) is 0.601. The lowest BCUT2D eigenvalue weighted by atomic mass is 10.4. The van der Waals surface area contributed by atoms with Gasteiger partial charge in [0.25, 0.3) is 0 Å². The van der Waals surface area contributed by atoms with Crippen LogP contribution < -0.4 is 16.0 Å². The predicted octanol–water partition coefficient (Wildman–Crippen LogP) is 0.184. The third-order valence-electron chi connectivity index (χ3n) is 1.63. The van der Waals surface area contributed by atoms with Crippen molar-refractivity contribution in [2.75, 3.05) is 33.2 Å². The molecule has 0 aliphatic rings. The second kappa shape index (κ2) is 8.97. The van der Waals surface area contributed by atoms with Crippen molar-refractivity contribution in [3.8, 4) is 0 Å². The van der Waals surface area contributed by atoms with E-state index in [1.54, 1.807) is 0 Å². The highest BCUT2D eigenvalue weighted by Crippen LogP contribution is 1.74. The second-order valence-electron chi connectivity index (χ2n) is 3.32. The largest absolute Gasteiger partial charge is 0.320 e. The van der Waals surface area contributed by atoms with Crippen molar-refractivity contribution >= 4 is 0 Å². The van der Waals surface area contributed by atoms with Gasteiger partial charge in [-0.15, -0.1) is 0 Å². The molecule has 0 aromatic carbocycles. The molecule has 0 amide bonds. The maximum absolute atomic E-state index is 3.37. The van der Waals surface area contributed by atoms with Crippen molar-refractivity contribution in [2.24, 2.45) is 0 Å². The van der Waals surface area contributed by atoms with Crippen molar-refractivity contribution in [2.45, 2.75) is 26.3 Å². The number of hydrogen-bond donors (Lipinski definition) is 3. The summed E-state index contributed by atoms with van der Waals surface area (Å²) in [5.74, 6) is 0. The van der Waals surface area contributed by atoms with Gasteiger partial charge in [-0.1, -0.05) is 13.8 Å². The summed E-state index contributed by atoms with van der Waals surface area (Å²) in [6.07, 6.45) is 1.21. The molecule has 12 heavy (non-hydrogen) atoms. The van der Waals surface area contributed by atoms with Gasteiger partial charge in [-0.25, -0.2) is 0 Å². The summed E-state index contributed by atoms with van der Waals surface area (Å²) >= 11 is 0. The Morgan fingerprint density at radius 1 is 1.00 bits per heavy atom. The Morgan fingerprint density at radius 2 is 1.75 bits per heavy atom. The van der Waals surface area contributed by atoms with E-state index in [-0.39, 0.29) is 0 Å². The fourth-order valence-electron chi connectivity index (χ4n) is 0.964. The van der Waals surface area contributed by atoms with Crippen molar-refractivity contribution in [1.82, 2.24) is 16.0 Å². The van der Waals surface area contributed by atoms with E-state index in [0.717, 1.165) is 26.2 Å². The van der Waals surface area contributed by atoms with Gasteiger partial charge in [0.1, 0.15) is 0 Å². The topological polar surface area (TPSA) is 36.1 Å². The van der Waals surface area contributed by atoms with E-state index in [2.05, 4.69) is 29.8 Å². The van der Waals surface area contributed by atoms with Gasteiger partial charge in [0.15, 0.2) is 0 Å². The molecule has 3 nitrogen and oxygen atoms in total. The van der Waals surface area contributed by atoms with Crippen LogP contribution in [-0.4, -0.2) is 39.3 Å². The number of rotatable bonds is 8. The standard InChI is InChI=1S/C9H23N3/c1-9(2)12-8-7-11-6-4-5-10-3/h9-12H,4-8H2,1-3H3. The molecule has 0 aliphatic heterocycles.